The molecule has 0 aliphatic carbocycles. The zero-order chi connectivity index (χ0) is 17.8. The number of carbonyl (C=O) groups is 2. The van der Waals surface area contributed by atoms with Gasteiger partial charge in [-0.1, -0.05) is 18.2 Å². The summed E-state index contributed by atoms with van der Waals surface area (Å²) >= 11 is 0. The highest BCUT2D eigenvalue weighted by molar-refractivity contribution is 6.08. The summed E-state index contributed by atoms with van der Waals surface area (Å²) in [4.78, 5) is 27.7. The van der Waals surface area contributed by atoms with Crippen molar-refractivity contribution < 1.29 is 19.1 Å². The Hall–Kier alpha value is -3.48. The molecule has 3 aromatic rings. The van der Waals surface area contributed by atoms with Crippen LogP contribution >= 0.6 is 0 Å². The Kier molecular flexibility index (Phi) is 4.56. The summed E-state index contributed by atoms with van der Waals surface area (Å²) in [5.41, 5.74) is 6.33. The first-order valence-electron chi connectivity index (χ1n) is 7.53. The second kappa shape index (κ2) is 6.96. The zero-order valence-electron chi connectivity index (χ0n) is 13.8. The standard InChI is InChI=1S/C18H17N3O4/c1-24-11-7-8-16(25-2)13(9-11)17(22)20-21-18(23)14-10-19-15-6-4-3-5-12(14)15/h3-10,19H,1-2H3,(H,20,22)(H,21,23). The van der Waals surface area contributed by atoms with Crippen LogP contribution < -0.4 is 20.3 Å². The molecule has 7 heteroatoms. The smallest absolute Gasteiger partial charge is 0.273 e. The van der Waals surface area contributed by atoms with Crippen molar-refractivity contribution in [2.24, 2.45) is 0 Å². The third-order valence-corrected chi connectivity index (χ3v) is 3.77. The van der Waals surface area contributed by atoms with Gasteiger partial charge >= 0.3 is 0 Å². The number of hydrogen-bond acceptors (Lipinski definition) is 4. The van der Waals surface area contributed by atoms with Crippen molar-refractivity contribution in [2.75, 3.05) is 14.2 Å². The van der Waals surface area contributed by atoms with E-state index in [4.69, 9.17) is 9.47 Å². The van der Waals surface area contributed by atoms with Crippen molar-refractivity contribution in [3.63, 3.8) is 0 Å². The van der Waals surface area contributed by atoms with Gasteiger partial charge in [-0.05, 0) is 24.3 Å². The third kappa shape index (κ3) is 3.25. The Bertz CT molecular complexity index is 933. The fourth-order valence-electron chi connectivity index (χ4n) is 2.50. The maximum absolute atomic E-state index is 12.4. The largest absolute Gasteiger partial charge is 0.497 e. The van der Waals surface area contributed by atoms with Crippen molar-refractivity contribution in [1.82, 2.24) is 15.8 Å². The molecule has 2 amide bonds. The number of aromatic amines is 1. The number of para-hydroxylation sites is 1. The second-order valence-corrected chi connectivity index (χ2v) is 5.22. The number of hydrogen-bond donors (Lipinski definition) is 3. The highest BCUT2D eigenvalue weighted by atomic mass is 16.5. The van der Waals surface area contributed by atoms with Crippen LogP contribution in [-0.2, 0) is 0 Å². The molecule has 0 radical (unpaired) electrons. The molecule has 0 aliphatic rings. The van der Waals surface area contributed by atoms with Crippen molar-refractivity contribution >= 4 is 22.7 Å². The van der Waals surface area contributed by atoms with E-state index in [9.17, 15) is 9.59 Å². The molecular formula is C18H17N3O4. The Balaban J connectivity index is 1.75. The van der Waals surface area contributed by atoms with E-state index >= 15 is 0 Å². The number of amides is 2. The van der Waals surface area contributed by atoms with E-state index in [2.05, 4.69) is 15.8 Å². The first-order valence-corrected chi connectivity index (χ1v) is 7.53. The summed E-state index contributed by atoms with van der Waals surface area (Å²) in [6.45, 7) is 0. The fraction of sp³-hybridized carbons (Fsp3) is 0.111. The molecule has 25 heavy (non-hydrogen) atoms. The van der Waals surface area contributed by atoms with E-state index in [1.165, 1.54) is 20.3 Å². The van der Waals surface area contributed by atoms with Gasteiger partial charge in [0.2, 0.25) is 0 Å². The molecule has 3 rings (SSSR count). The molecule has 128 valence electrons. The average molecular weight is 339 g/mol. The summed E-state index contributed by atoms with van der Waals surface area (Å²) in [5.74, 6) is -0.0508. The number of aromatic nitrogens is 1. The SMILES string of the molecule is COc1ccc(OC)c(C(=O)NNC(=O)c2c[nH]c3ccccc23)c1. The van der Waals surface area contributed by atoms with Crippen molar-refractivity contribution in [3.05, 3.63) is 59.8 Å². The van der Waals surface area contributed by atoms with Crippen molar-refractivity contribution in [3.8, 4) is 11.5 Å². The zero-order valence-corrected chi connectivity index (χ0v) is 13.8. The van der Waals surface area contributed by atoms with Crippen LogP contribution in [0.15, 0.2) is 48.7 Å². The van der Waals surface area contributed by atoms with E-state index < -0.39 is 11.8 Å². The van der Waals surface area contributed by atoms with Gasteiger partial charge in [-0.25, -0.2) is 0 Å². The molecule has 0 bridgehead atoms. The predicted molar refractivity (Wildman–Crippen MR) is 92.8 cm³/mol. The van der Waals surface area contributed by atoms with Crippen molar-refractivity contribution in [1.29, 1.82) is 0 Å². The van der Waals surface area contributed by atoms with Gasteiger partial charge in [0, 0.05) is 17.1 Å². The predicted octanol–water partition coefficient (Wildman–Crippen LogP) is 2.26. The Morgan fingerprint density at radius 1 is 0.920 bits per heavy atom. The van der Waals surface area contributed by atoms with Crippen LogP contribution in [0.1, 0.15) is 20.7 Å². The lowest BCUT2D eigenvalue weighted by atomic mass is 10.1. The number of fused-ring (bicyclic) bond motifs is 1. The number of nitrogens with one attached hydrogen (secondary N) is 3. The summed E-state index contributed by atoms with van der Waals surface area (Å²) in [6.07, 6.45) is 1.60. The van der Waals surface area contributed by atoms with Crippen LogP contribution in [0.3, 0.4) is 0 Å². The summed E-state index contributed by atoms with van der Waals surface area (Å²) < 4.78 is 10.3. The van der Waals surface area contributed by atoms with Crippen LogP contribution in [0, 0.1) is 0 Å². The lowest BCUT2D eigenvalue weighted by Gasteiger charge is -2.11. The molecule has 0 unspecified atom stereocenters. The molecular weight excluding hydrogens is 322 g/mol. The van der Waals surface area contributed by atoms with E-state index in [-0.39, 0.29) is 5.56 Å². The number of hydrazine groups is 1. The molecule has 0 spiro atoms. The molecule has 7 nitrogen and oxygen atoms in total. The van der Waals surface area contributed by atoms with Gasteiger partial charge in [-0.15, -0.1) is 0 Å². The van der Waals surface area contributed by atoms with Crippen LogP contribution in [0.25, 0.3) is 10.9 Å². The van der Waals surface area contributed by atoms with Gasteiger partial charge in [-0.2, -0.15) is 0 Å². The molecule has 1 heterocycles. The quantitative estimate of drug-likeness (QED) is 0.636. The lowest BCUT2D eigenvalue weighted by molar-refractivity contribution is 0.0845. The Labute approximate surface area is 143 Å². The maximum Gasteiger partial charge on any atom is 0.273 e. The molecule has 0 aliphatic heterocycles. The van der Waals surface area contributed by atoms with Crippen LogP contribution in [0.4, 0.5) is 0 Å². The number of H-pyrrole nitrogens is 1. The molecule has 2 aromatic carbocycles. The number of rotatable bonds is 4. The first-order chi connectivity index (χ1) is 12.1. The van der Waals surface area contributed by atoms with E-state index in [0.29, 0.717) is 17.1 Å². The Morgan fingerprint density at radius 3 is 2.36 bits per heavy atom. The summed E-state index contributed by atoms with van der Waals surface area (Å²) in [6, 6.07) is 12.2. The van der Waals surface area contributed by atoms with E-state index in [0.717, 1.165) is 10.9 Å². The topological polar surface area (TPSA) is 92.4 Å². The Morgan fingerprint density at radius 2 is 1.64 bits per heavy atom. The van der Waals surface area contributed by atoms with Gasteiger partial charge in [0.25, 0.3) is 11.8 Å². The van der Waals surface area contributed by atoms with Gasteiger partial charge in [-0.3, -0.25) is 20.4 Å². The summed E-state index contributed by atoms with van der Waals surface area (Å²) in [5, 5.41) is 0.771. The number of ether oxygens (including phenoxy) is 2. The number of carbonyl (C=O) groups excluding carboxylic acids is 2. The third-order valence-electron chi connectivity index (χ3n) is 3.77. The molecule has 1 aromatic heterocycles. The maximum atomic E-state index is 12.4. The van der Waals surface area contributed by atoms with Crippen LogP contribution in [-0.4, -0.2) is 31.0 Å². The molecule has 0 saturated carbocycles. The number of methoxy groups -OCH3 is 2. The van der Waals surface area contributed by atoms with E-state index in [1.807, 2.05) is 24.3 Å². The van der Waals surface area contributed by atoms with Gasteiger partial charge in [0.1, 0.15) is 11.5 Å². The van der Waals surface area contributed by atoms with Crippen LogP contribution in [0.5, 0.6) is 11.5 Å². The second-order valence-electron chi connectivity index (χ2n) is 5.22. The van der Waals surface area contributed by atoms with Crippen LogP contribution in [0.2, 0.25) is 0 Å². The van der Waals surface area contributed by atoms with Crippen molar-refractivity contribution in [2.45, 2.75) is 0 Å². The normalized spacial score (nSPS) is 10.3. The van der Waals surface area contributed by atoms with Gasteiger partial charge < -0.3 is 14.5 Å². The molecule has 0 atom stereocenters. The lowest BCUT2D eigenvalue weighted by Crippen LogP contribution is -2.41. The highest BCUT2D eigenvalue weighted by Gasteiger charge is 2.16. The minimum absolute atomic E-state index is 0.251. The molecule has 0 fully saturated rings. The fourth-order valence-corrected chi connectivity index (χ4v) is 2.50. The van der Waals surface area contributed by atoms with Gasteiger partial charge in [0.05, 0.1) is 25.3 Å². The minimum Gasteiger partial charge on any atom is -0.497 e. The van der Waals surface area contributed by atoms with E-state index in [1.54, 1.807) is 18.3 Å². The minimum atomic E-state index is -0.510. The highest BCUT2D eigenvalue weighted by Crippen LogP contribution is 2.23. The van der Waals surface area contributed by atoms with Gasteiger partial charge in [0.15, 0.2) is 0 Å². The molecule has 0 saturated heterocycles. The first kappa shape index (κ1) is 16.4. The monoisotopic (exact) mass is 339 g/mol. The summed E-state index contributed by atoms with van der Waals surface area (Å²) in [7, 11) is 2.96. The average Bonchev–Trinajstić information content (AvgIpc) is 3.09. The molecule has 3 N–H and O–H groups in total. The number of benzene rings is 2.